The zero-order valence-corrected chi connectivity index (χ0v) is 11.5. The van der Waals surface area contributed by atoms with Crippen LogP contribution in [0.25, 0.3) is 10.9 Å². The number of carboxylic acid groups (broad SMARTS) is 1. The van der Waals surface area contributed by atoms with Crippen LogP contribution in [0.5, 0.6) is 0 Å². The second-order valence-electron chi connectivity index (χ2n) is 4.92. The van der Waals surface area contributed by atoms with Crippen molar-refractivity contribution in [1.82, 2.24) is 4.57 Å². The number of aliphatic carboxylic acids is 1. The van der Waals surface area contributed by atoms with Gasteiger partial charge in [-0.2, -0.15) is 0 Å². The van der Waals surface area contributed by atoms with Gasteiger partial charge in [0.2, 0.25) is 0 Å². The highest BCUT2D eigenvalue weighted by atomic mass is 35.5. The molecule has 0 atom stereocenters. The maximum atomic E-state index is 11.4. The number of halogens is 1. The monoisotopic (exact) mass is 265 g/mol. The summed E-state index contributed by atoms with van der Waals surface area (Å²) in [4.78, 5) is 11.4. The summed E-state index contributed by atoms with van der Waals surface area (Å²) in [5, 5.41) is 11.0. The largest absolute Gasteiger partial charge is 0.481 e. The molecule has 0 amide bonds. The number of rotatable bonds is 3. The summed E-state index contributed by atoms with van der Waals surface area (Å²) in [6.07, 6.45) is 1.91. The summed E-state index contributed by atoms with van der Waals surface area (Å²) in [6, 6.07) is 5.57. The number of hydrogen-bond acceptors (Lipinski definition) is 1. The lowest BCUT2D eigenvalue weighted by Crippen LogP contribution is -2.28. The van der Waals surface area contributed by atoms with Crippen molar-refractivity contribution in [3.63, 3.8) is 0 Å². The molecule has 0 bridgehead atoms. The van der Waals surface area contributed by atoms with E-state index in [2.05, 4.69) is 0 Å². The minimum Gasteiger partial charge on any atom is -0.481 e. The smallest absolute Gasteiger partial charge is 0.313 e. The van der Waals surface area contributed by atoms with E-state index >= 15 is 0 Å². The molecular formula is C14H16ClNO2. The zero-order valence-electron chi connectivity index (χ0n) is 10.7. The first-order chi connectivity index (χ1) is 8.37. The molecule has 1 heterocycles. The lowest BCUT2D eigenvalue weighted by atomic mass is 9.85. The van der Waals surface area contributed by atoms with E-state index in [9.17, 15) is 9.90 Å². The van der Waals surface area contributed by atoms with Crippen LogP contribution in [-0.2, 0) is 16.8 Å². The summed E-state index contributed by atoms with van der Waals surface area (Å²) in [5.41, 5.74) is 0.893. The van der Waals surface area contributed by atoms with Crippen molar-refractivity contribution >= 4 is 28.5 Å². The van der Waals surface area contributed by atoms with Crippen LogP contribution in [0.3, 0.4) is 0 Å². The fourth-order valence-electron chi connectivity index (χ4n) is 2.14. The molecule has 1 aromatic carbocycles. The molecule has 1 N–H and O–H groups in total. The van der Waals surface area contributed by atoms with Crippen molar-refractivity contribution in [2.24, 2.45) is 0 Å². The lowest BCUT2D eigenvalue weighted by molar-refractivity contribution is -0.142. The Bertz CT molecular complexity index is 614. The molecule has 0 aliphatic carbocycles. The SMILES string of the molecule is CCn1cc(C(C)(C)C(=O)O)c2ccc(Cl)cc21. The second-order valence-corrected chi connectivity index (χ2v) is 5.36. The zero-order chi connectivity index (χ0) is 13.5. The van der Waals surface area contributed by atoms with Crippen molar-refractivity contribution in [3.05, 3.63) is 35.0 Å². The number of benzene rings is 1. The van der Waals surface area contributed by atoms with Crippen LogP contribution >= 0.6 is 11.6 Å². The molecule has 18 heavy (non-hydrogen) atoms. The van der Waals surface area contributed by atoms with Gasteiger partial charge in [-0.15, -0.1) is 0 Å². The Balaban J connectivity index is 2.77. The van der Waals surface area contributed by atoms with E-state index in [1.54, 1.807) is 19.9 Å². The van der Waals surface area contributed by atoms with Gasteiger partial charge in [0.05, 0.1) is 5.41 Å². The molecule has 0 saturated carbocycles. The summed E-state index contributed by atoms with van der Waals surface area (Å²) in [6.45, 7) is 6.25. The van der Waals surface area contributed by atoms with Gasteiger partial charge in [-0.05, 0) is 38.5 Å². The van der Waals surface area contributed by atoms with Gasteiger partial charge < -0.3 is 9.67 Å². The van der Waals surface area contributed by atoms with E-state index in [0.29, 0.717) is 5.02 Å². The minimum atomic E-state index is -0.910. The van der Waals surface area contributed by atoms with Gasteiger partial charge >= 0.3 is 5.97 Å². The number of aryl methyl sites for hydroxylation is 1. The highest BCUT2D eigenvalue weighted by Gasteiger charge is 2.32. The Labute approximate surface area is 111 Å². The Kier molecular flexibility index (Phi) is 3.11. The third kappa shape index (κ3) is 1.89. The summed E-state index contributed by atoms with van der Waals surface area (Å²) < 4.78 is 2.03. The van der Waals surface area contributed by atoms with E-state index < -0.39 is 11.4 Å². The van der Waals surface area contributed by atoms with E-state index in [4.69, 9.17) is 11.6 Å². The van der Waals surface area contributed by atoms with E-state index in [1.165, 1.54) is 0 Å². The first kappa shape index (κ1) is 13.0. The Hall–Kier alpha value is -1.48. The highest BCUT2D eigenvalue weighted by molar-refractivity contribution is 6.31. The topological polar surface area (TPSA) is 42.2 Å². The molecule has 1 aromatic heterocycles. The number of aromatic nitrogens is 1. The lowest BCUT2D eigenvalue weighted by Gasteiger charge is -2.18. The van der Waals surface area contributed by atoms with Crippen LogP contribution in [0.15, 0.2) is 24.4 Å². The number of carbonyl (C=O) groups is 1. The molecule has 0 fully saturated rings. The summed E-state index contributed by atoms with van der Waals surface area (Å²) in [7, 11) is 0. The van der Waals surface area contributed by atoms with Crippen LogP contribution in [-0.4, -0.2) is 15.6 Å². The molecule has 2 rings (SSSR count). The summed E-state index contributed by atoms with van der Waals surface area (Å²) in [5.74, 6) is -0.826. The quantitative estimate of drug-likeness (QED) is 0.920. The normalized spacial score (nSPS) is 12.0. The molecule has 0 spiro atoms. The number of carboxylic acids is 1. The van der Waals surface area contributed by atoms with Gasteiger partial charge in [0.1, 0.15) is 0 Å². The molecule has 4 heteroatoms. The molecular weight excluding hydrogens is 250 g/mol. The maximum absolute atomic E-state index is 11.4. The van der Waals surface area contributed by atoms with Crippen molar-refractivity contribution in [1.29, 1.82) is 0 Å². The average molecular weight is 266 g/mol. The third-order valence-electron chi connectivity index (χ3n) is 3.39. The first-order valence-electron chi connectivity index (χ1n) is 5.90. The van der Waals surface area contributed by atoms with Crippen LogP contribution < -0.4 is 0 Å². The average Bonchev–Trinajstić information content (AvgIpc) is 2.67. The predicted octanol–water partition coefficient (Wildman–Crippen LogP) is 3.68. The van der Waals surface area contributed by atoms with Gasteiger partial charge in [-0.3, -0.25) is 4.79 Å². The Morgan fingerprint density at radius 2 is 2.11 bits per heavy atom. The van der Waals surface area contributed by atoms with Gasteiger partial charge in [-0.1, -0.05) is 17.7 Å². The Morgan fingerprint density at radius 1 is 1.44 bits per heavy atom. The number of fused-ring (bicyclic) bond motifs is 1. The van der Waals surface area contributed by atoms with E-state index in [1.807, 2.05) is 29.8 Å². The highest BCUT2D eigenvalue weighted by Crippen LogP contribution is 2.33. The molecule has 3 nitrogen and oxygen atoms in total. The second kappa shape index (κ2) is 4.32. The Morgan fingerprint density at radius 3 is 2.67 bits per heavy atom. The van der Waals surface area contributed by atoms with Crippen LogP contribution in [0.4, 0.5) is 0 Å². The van der Waals surface area contributed by atoms with Crippen LogP contribution in [0.2, 0.25) is 5.02 Å². The predicted molar refractivity (Wildman–Crippen MR) is 73.3 cm³/mol. The van der Waals surface area contributed by atoms with Gasteiger partial charge in [-0.25, -0.2) is 0 Å². The van der Waals surface area contributed by atoms with Gasteiger partial charge in [0.15, 0.2) is 0 Å². The molecule has 0 aliphatic heterocycles. The number of hydrogen-bond donors (Lipinski definition) is 1. The first-order valence-corrected chi connectivity index (χ1v) is 6.28. The molecule has 96 valence electrons. The van der Waals surface area contributed by atoms with Crippen molar-refractivity contribution in [3.8, 4) is 0 Å². The molecule has 0 aliphatic rings. The van der Waals surface area contributed by atoms with Gasteiger partial charge in [0, 0.05) is 28.7 Å². The minimum absolute atomic E-state index is 0.662. The van der Waals surface area contributed by atoms with Crippen molar-refractivity contribution < 1.29 is 9.90 Å². The van der Waals surface area contributed by atoms with E-state index in [0.717, 1.165) is 23.0 Å². The third-order valence-corrected chi connectivity index (χ3v) is 3.63. The fourth-order valence-corrected chi connectivity index (χ4v) is 2.31. The van der Waals surface area contributed by atoms with Crippen LogP contribution in [0, 0.1) is 0 Å². The molecule has 0 unspecified atom stereocenters. The van der Waals surface area contributed by atoms with Gasteiger partial charge in [0.25, 0.3) is 0 Å². The van der Waals surface area contributed by atoms with Crippen molar-refractivity contribution in [2.45, 2.75) is 32.7 Å². The maximum Gasteiger partial charge on any atom is 0.313 e. The fraction of sp³-hybridized carbons (Fsp3) is 0.357. The van der Waals surface area contributed by atoms with E-state index in [-0.39, 0.29) is 0 Å². The van der Waals surface area contributed by atoms with Crippen molar-refractivity contribution in [2.75, 3.05) is 0 Å². The van der Waals surface area contributed by atoms with Crippen LogP contribution in [0.1, 0.15) is 26.3 Å². The number of nitrogens with zero attached hydrogens (tertiary/aromatic N) is 1. The molecule has 0 saturated heterocycles. The summed E-state index contributed by atoms with van der Waals surface area (Å²) >= 11 is 6.00. The molecule has 2 aromatic rings. The molecule has 0 radical (unpaired) electrons. The standard InChI is InChI=1S/C14H16ClNO2/c1-4-16-8-11(14(2,3)13(17)18)10-6-5-9(15)7-12(10)16/h5-8H,4H2,1-3H3,(H,17,18).